The summed E-state index contributed by atoms with van der Waals surface area (Å²) in [6, 6.07) is 15.5. The molecule has 12 heteroatoms. The number of ether oxygens (including phenoxy) is 1. The third-order valence-corrected chi connectivity index (χ3v) is 6.42. The number of hydrogen-bond acceptors (Lipinski definition) is 4. The number of amides is 1. The number of nitrogens with zero attached hydrogens (tertiary/aromatic N) is 1. The van der Waals surface area contributed by atoms with E-state index in [2.05, 4.69) is 10.1 Å². The van der Waals surface area contributed by atoms with Gasteiger partial charge in [-0.2, -0.15) is 0 Å². The zero-order valence-electron chi connectivity index (χ0n) is 17.4. The first-order chi connectivity index (χ1) is 15.8. The van der Waals surface area contributed by atoms with Crippen molar-refractivity contribution < 1.29 is 31.1 Å². The molecule has 0 aliphatic heterocycles. The molecular formula is C22H17Cl2F3N2O4S. The number of sulfonamides is 1. The predicted octanol–water partition coefficient (Wildman–Crippen LogP) is 6.11. The van der Waals surface area contributed by atoms with Crippen LogP contribution in [-0.2, 0) is 16.6 Å². The molecule has 1 amide bonds. The monoisotopic (exact) mass is 532 g/mol. The number of halogens is 5. The molecule has 0 bridgehead atoms. The van der Waals surface area contributed by atoms with Gasteiger partial charge >= 0.3 is 6.36 Å². The molecule has 180 valence electrons. The van der Waals surface area contributed by atoms with Crippen LogP contribution in [-0.4, -0.2) is 26.9 Å². The third kappa shape index (κ3) is 6.78. The summed E-state index contributed by atoms with van der Waals surface area (Å²) in [7, 11) is -3.71. The number of carbonyl (C=O) groups is 1. The number of carbonyl (C=O) groups excluding carboxylic acids is 1. The first-order valence-corrected chi connectivity index (χ1v) is 12.1. The zero-order chi connectivity index (χ0) is 25.1. The van der Waals surface area contributed by atoms with E-state index in [0.29, 0.717) is 5.56 Å². The van der Waals surface area contributed by atoms with Crippen molar-refractivity contribution in [2.45, 2.75) is 12.9 Å². The van der Waals surface area contributed by atoms with Crippen molar-refractivity contribution in [1.82, 2.24) is 0 Å². The van der Waals surface area contributed by atoms with Crippen LogP contribution >= 0.6 is 23.2 Å². The number of benzene rings is 3. The number of anilines is 2. The second kappa shape index (κ2) is 10.1. The van der Waals surface area contributed by atoms with E-state index in [-0.39, 0.29) is 33.5 Å². The maximum Gasteiger partial charge on any atom is 0.573 e. The molecule has 0 aliphatic rings. The summed E-state index contributed by atoms with van der Waals surface area (Å²) in [6.07, 6.45) is -3.77. The topological polar surface area (TPSA) is 75.7 Å². The van der Waals surface area contributed by atoms with Gasteiger partial charge in [0.05, 0.1) is 28.5 Å². The van der Waals surface area contributed by atoms with Crippen molar-refractivity contribution in [1.29, 1.82) is 0 Å². The second-order valence-corrected chi connectivity index (χ2v) is 9.76. The van der Waals surface area contributed by atoms with Crippen LogP contribution in [0, 0.1) is 0 Å². The molecule has 0 heterocycles. The van der Waals surface area contributed by atoms with Gasteiger partial charge in [0.15, 0.2) is 0 Å². The highest BCUT2D eigenvalue weighted by Crippen LogP contribution is 2.34. The van der Waals surface area contributed by atoms with Gasteiger partial charge in [0.1, 0.15) is 5.75 Å². The lowest BCUT2D eigenvalue weighted by Crippen LogP contribution is -2.29. The number of nitrogens with one attached hydrogen (secondary N) is 1. The first-order valence-electron chi connectivity index (χ1n) is 9.51. The van der Waals surface area contributed by atoms with Crippen molar-refractivity contribution in [3.05, 3.63) is 87.9 Å². The smallest absolute Gasteiger partial charge is 0.406 e. The van der Waals surface area contributed by atoms with Gasteiger partial charge in [0.2, 0.25) is 10.0 Å². The Hall–Kier alpha value is -2.95. The first kappa shape index (κ1) is 25.7. The Bertz CT molecular complexity index is 1280. The molecular weight excluding hydrogens is 516 g/mol. The number of rotatable bonds is 7. The van der Waals surface area contributed by atoms with E-state index < -0.39 is 28.0 Å². The van der Waals surface area contributed by atoms with Gasteiger partial charge in [0.25, 0.3) is 5.91 Å². The van der Waals surface area contributed by atoms with Crippen molar-refractivity contribution in [3.63, 3.8) is 0 Å². The second-order valence-electron chi connectivity index (χ2n) is 7.07. The molecule has 1 N–H and O–H groups in total. The minimum absolute atomic E-state index is 0.0541. The van der Waals surface area contributed by atoms with Crippen LogP contribution in [0.5, 0.6) is 5.75 Å². The normalized spacial score (nSPS) is 11.7. The van der Waals surface area contributed by atoms with Crippen LogP contribution < -0.4 is 14.4 Å². The minimum Gasteiger partial charge on any atom is -0.406 e. The molecule has 0 unspecified atom stereocenters. The van der Waals surface area contributed by atoms with Crippen molar-refractivity contribution >= 4 is 50.5 Å². The molecule has 3 aromatic rings. The summed E-state index contributed by atoms with van der Waals surface area (Å²) in [5.41, 5.74) is 1.32. The van der Waals surface area contributed by atoms with Crippen LogP contribution in [0.25, 0.3) is 0 Å². The average Bonchev–Trinajstić information content (AvgIpc) is 2.74. The summed E-state index contributed by atoms with van der Waals surface area (Å²) >= 11 is 12.2. The van der Waals surface area contributed by atoms with Crippen LogP contribution in [0.3, 0.4) is 0 Å². The van der Waals surface area contributed by atoms with Crippen LogP contribution in [0.15, 0.2) is 66.7 Å². The molecule has 0 aromatic heterocycles. The molecule has 34 heavy (non-hydrogen) atoms. The molecule has 6 nitrogen and oxygen atoms in total. The standard InChI is InChI=1S/C22H17Cl2F3N2O4S/c1-34(31,32)29(19-4-2-3-18(23)20(19)24)13-14-5-7-15(8-6-14)21(30)28-16-9-11-17(12-10-16)33-22(25,26)27/h2-12H,13H2,1H3,(H,28,30). The Balaban J connectivity index is 1.72. The molecule has 0 spiro atoms. The van der Waals surface area contributed by atoms with Gasteiger partial charge < -0.3 is 10.1 Å². The largest absolute Gasteiger partial charge is 0.573 e. The van der Waals surface area contributed by atoms with Gasteiger partial charge in [-0.1, -0.05) is 41.4 Å². The van der Waals surface area contributed by atoms with E-state index in [4.69, 9.17) is 23.2 Å². The highest BCUT2D eigenvalue weighted by Gasteiger charge is 2.31. The number of alkyl halides is 3. The maximum atomic E-state index is 12.5. The SMILES string of the molecule is CS(=O)(=O)N(Cc1ccc(C(=O)Nc2ccc(OC(F)(F)F)cc2)cc1)c1cccc(Cl)c1Cl. The van der Waals surface area contributed by atoms with Crippen molar-refractivity contribution in [2.75, 3.05) is 15.9 Å². The summed E-state index contributed by atoms with van der Waals surface area (Å²) in [5, 5.41) is 2.86. The molecule has 3 aromatic carbocycles. The molecule has 0 atom stereocenters. The summed E-state index contributed by atoms with van der Waals surface area (Å²) in [6.45, 7) is -0.0541. The zero-order valence-corrected chi connectivity index (χ0v) is 19.8. The Labute approximate surface area is 203 Å². The Morgan fingerprint density at radius 2 is 1.62 bits per heavy atom. The molecule has 0 aliphatic carbocycles. The molecule has 0 radical (unpaired) electrons. The van der Waals surface area contributed by atoms with Gasteiger partial charge in [-0.3, -0.25) is 9.10 Å². The van der Waals surface area contributed by atoms with Gasteiger partial charge in [0, 0.05) is 11.3 Å². The van der Waals surface area contributed by atoms with Gasteiger partial charge in [-0.15, -0.1) is 13.2 Å². The van der Waals surface area contributed by atoms with E-state index in [9.17, 15) is 26.4 Å². The van der Waals surface area contributed by atoms with Crippen LogP contribution in [0.1, 0.15) is 15.9 Å². The fourth-order valence-electron chi connectivity index (χ4n) is 2.94. The van der Waals surface area contributed by atoms with E-state index in [1.807, 2.05) is 0 Å². The third-order valence-electron chi connectivity index (χ3n) is 4.49. The lowest BCUT2D eigenvalue weighted by molar-refractivity contribution is -0.274. The Morgan fingerprint density at radius 3 is 2.18 bits per heavy atom. The molecule has 3 rings (SSSR count). The summed E-state index contributed by atoms with van der Waals surface area (Å²) < 4.78 is 66.3. The van der Waals surface area contributed by atoms with Gasteiger partial charge in [-0.25, -0.2) is 8.42 Å². The van der Waals surface area contributed by atoms with E-state index >= 15 is 0 Å². The van der Waals surface area contributed by atoms with E-state index in [1.54, 1.807) is 18.2 Å². The molecule has 0 fully saturated rings. The Morgan fingerprint density at radius 1 is 1.00 bits per heavy atom. The maximum absolute atomic E-state index is 12.5. The summed E-state index contributed by atoms with van der Waals surface area (Å²) in [5.74, 6) is -0.918. The highest BCUT2D eigenvalue weighted by molar-refractivity contribution is 7.92. The molecule has 0 saturated carbocycles. The highest BCUT2D eigenvalue weighted by atomic mass is 35.5. The minimum atomic E-state index is -4.81. The predicted molar refractivity (Wildman–Crippen MR) is 125 cm³/mol. The van der Waals surface area contributed by atoms with Crippen LogP contribution in [0.4, 0.5) is 24.5 Å². The quantitative estimate of drug-likeness (QED) is 0.398. The van der Waals surface area contributed by atoms with E-state index in [0.717, 1.165) is 22.7 Å². The van der Waals surface area contributed by atoms with E-state index in [1.165, 1.54) is 36.4 Å². The van der Waals surface area contributed by atoms with Crippen LogP contribution in [0.2, 0.25) is 10.0 Å². The fourth-order valence-corrected chi connectivity index (χ4v) is 4.28. The fraction of sp³-hybridized carbons (Fsp3) is 0.136. The van der Waals surface area contributed by atoms with Crippen molar-refractivity contribution in [3.8, 4) is 5.75 Å². The van der Waals surface area contributed by atoms with Gasteiger partial charge in [-0.05, 0) is 54.1 Å². The lowest BCUT2D eigenvalue weighted by atomic mass is 10.1. The molecule has 0 saturated heterocycles. The van der Waals surface area contributed by atoms with Crippen molar-refractivity contribution in [2.24, 2.45) is 0 Å². The lowest BCUT2D eigenvalue weighted by Gasteiger charge is -2.24. The summed E-state index contributed by atoms with van der Waals surface area (Å²) in [4.78, 5) is 12.5. The average molecular weight is 533 g/mol. The Kier molecular flexibility index (Phi) is 7.64. The number of hydrogen-bond donors (Lipinski definition) is 1.